The van der Waals surface area contributed by atoms with Crippen molar-refractivity contribution >= 4 is 0 Å². The van der Waals surface area contributed by atoms with E-state index in [1.165, 1.54) is 0 Å². The Bertz CT molecular complexity index is 527. The van der Waals surface area contributed by atoms with Gasteiger partial charge in [-0.3, -0.25) is 0 Å². The van der Waals surface area contributed by atoms with Crippen LogP contribution in [-0.4, -0.2) is 41.4 Å². The van der Waals surface area contributed by atoms with E-state index in [4.69, 9.17) is 14.6 Å². The van der Waals surface area contributed by atoms with Gasteiger partial charge in [-0.05, 0) is 37.1 Å². The van der Waals surface area contributed by atoms with Crippen molar-refractivity contribution in [1.82, 2.24) is 0 Å². The van der Waals surface area contributed by atoms with Crippen LogP contribution in [0, 0.1) is 17.3 Å². The van der Waals surface area contributed by atoms with E-state index in [1.54, 1.807) is 6.08 Å². The molecule has 1 heterocycles. The van der Waals surface area contributed by atoms with Crippen molar-refractivity contribution in [3.8, 4) is 11.8 Å². The van der Waals surface area contributed by atoms with Gasteiger partial charge in [-0.2, -0.15) is 0 Å². The van der Waals surface area contributed by atoms with E-state index in [0.717, 1.165) is 11.1 Å². The number of hydrogen-bond acceptors (Lipinski definition) is 4. The van der Waals surface area contributed by atoms with Crippen LogP contribution in [0.4, 0.5) is 0 Å². The standard InChI is InChI=1S/C17H24O4/c1-13(6-8-18)5-7-17(19)14(2)11-16(12-15(17,3)4)20-9-10-21-16/h6,11,18-19H,8-10,12H2,1-4H3/b13-6+. The monoisotopic (exact) mass is 292 g/mol. The summed E-state index contributed by atoms with van der Waals surface area (Å²) in [7, 11) is 0. The van der Waals surface area contributed by atoms with Gasteiger partial charge >= 0.3 is 0 Å². The maximum Gasteiger partial charge on any atom is 0.189 e. The topological polar surface area (TPSA) is 58.9 Å². The molecule has 2 aliphatic rings. The third kappa shape index (κ3) is 2.93. The fourth-order valence-electron chi connectivity index (χ4n) is 3.06. The highest BCUT2D eigenvalue weighted by Crippen LogP contribution is 2.49. The van der Waals surface area contributed by atoms with E-state index in [0.29, 0.717) is 19.6 Å². The zero-order chi connectivity index (χ0) is 15.7. The van der Waals surface area contributed by atoms with Crippen LogP contribution < -0.4 is 0 Å². The van der Waals surface area contributed by atoms with Crippen LogP contribution in [0.3, 0.4) is 0 Å². The molecule has 0 aromatic carbocycles. The fourth-order valence-corrected chi connectivity index (χ4v) is 3.06. The Morgan fingerprint density at radius 2 is 2.00 bits per heavy atom. The molecular weight excluding hydrogens is 268 g/mol. The molecule has 1 aliphatic carbocycles. The lowest BCUT2D eigenvalue weighted by molar-refractivity contribution is -0.169. The Labute approximate surface area is 126 Å². The van der Waals surface area contributed by atoms with E-state index in [1.807, 2.05) is 33.8 Å². The van der Waals surface area contributed by atoms with E-state index in [9.17, 15) is 5.11 Å². The average Bonchev–Trinajstić information content (AvgIpc) is 2.81. The van der Waals surface area contributed by atoms with Gasteiger partial charge in [0.15, 0.2) is 11.4 Å². The molecule has 0 radical (unpaired) electrons. The summed E-state index contributed by atoms with van der Waals surface area (Å²) >= 11 is 0. The lowest BCUT2D eigenvalue weighted by Crippen LogP contribution is -2.53. The molecule has 0 amide bonds. The predicted octanol–water partition coefficient (Wildman–Crippen LogP) is 1.78. The molecule has 116 valence electrons. The Morgan fingerprint density at radius 3 is 2.52 bits per heavy atom. The number of rotatable bonds is 1. The molecular formula is C17H24O4. The summed E-state index contributed by atoms with van der Waals surface area (Å²) in [6.45, 7) is 8.69. The van der Waals surface area contributed by atoms with E-state index >= 15 is 0 Å². The number of aliphatic hydroxyl groups excluding tert-OH is 1. The van der Waals surface area contributed by atoms with E-state index in [-0.39, 0.29) is 6.61 Å². The average molecular weight is 292 g/mol. The Hall–Kier alpha value is -1.12. The summed E-state index contributed by atoms with van der Waals surface area (Å²) in [4.78, 5) is 0. The first-order valence-corrected chi connectivity index (χ1v) is 7.26. The molecule has 1 spiro atoms. The van der Waals surface area contributed by atoms with Crippen molar-refractivity contribution < 1.29 is 19.7 Å². The second kappa shape index (κ2) is 5.58. The lowest BCUT2D eigenvalue weighted by Gasteiger charge is -2.48. The molecule has 1 saturated heterocycles. The summed E-state index contributed by atoms with van der Waals surface area (Å²) in [5.74, 6) is 5.19. The molecule has 0 saturated carbocycles. The maximum atomic E-state index is 11.1. The van der Waals surface area contributed by atoms with Gasteiger partial charge in [-0.15, -0.1) is 0 Å². The van der Waals surface area contributed by atoms with Gasteiger partial charge in [0.1, 0.15) is 0 Å². The van der Waals surface area contributed by atoms with Crippen LogP contribution in [0.25, 0.3) is 0 Å². The Morgan fingerprint density at radius 1 is 1.38 bits per heavy atom. The van der Waals surface area contributed by atoms with Gasteiger partial charge in [0, 0.05) is 11.8 Å². The predicted molar refractivity (Wildman–Crippen MR) is 80.4 cm³/mol. The minimum absolute atomic E-state index is 0.0536. The van der Waals surface area contributed by atoms with E-state index in [2.05, 4.69) is 11.8 Å². The summed E-state index contributed by atoms with van der Waals surface area (Å²) in [5, 5.41) is 20.0. The van der Waals surface area contributed by atoms with Gasteiger partial charge in [-0.1, -0.05) is 25.7 Å². The summed E-state index contributed by atoms with van der Waals surface area (Å²) in [6, 6.07) is 0. The zero-order valence-electron chi connectivity index (χ0n) is 13.2. The highest BCUT2D eigenvalue weighted by Gasteiger charge is 2.54. The van der Waals surface area contributed by atoms with Gasteiger partial charge in [0.2, 0.25) is 0 Å². The molecule has 1 aliphatic heterocycles. The molecule has 2 N–H and O–H groups in total. The minimum atomic E-state index is -1.24. The van der Waals surface area contributed by atoms with Crippen LogP contribution >= 0.6 is 0 Å². The molecule has 21 heavy (non-hydrogen) atoms. The molecule has 1 unspecified atom stereocenters. The molecule has 4 heteroatoms. The van der Waals surface area contributed by atoms with Crippen molar-refractivity contribution in [3.05, 3.63) is 23.3 Å². The van der Waals surface area contributed by atoms with Crippen molar-refractivity contribution in [2.75, 3.05) is 19.8 Å². The fraction of sp³-hybridized carbons (Fsp3) is 0.647. The first kappa shape index (κ1) is 16.3. The van der Waals surface area contributed by atoms with Crippen molar-refractivity contribution in [3.63, 3.8) is 0 Å². The van der Waals surface area contributed by atoms with Crippen LogP contribution in [0.15, 0.2) is 23.3 Å². The highest BCUT2D eigenvalue weighted by molar-refractivity contribution is 5.42. The number of ether oxygens (including phenoxy) is 2. The number of aliphatic hydroxyl groups is 2. The van der Waals surface area contributed by atoms with Crippen molar-refractivity contribution in [2.24, 2.45) is 5.41 Å². The van der Waals surface area contributed by atoms with Crippen LogP contribution in [-0.2, 0) is 9.47 Å². The third-order valence-electron chi connectivity index (χ3n) is 4.29. The van der Waals surface area contributed by atoms with Gasteiger partial charge in [0.25, 0.3) is 0 Å². The molecule has 0 aromatic heterocycles. The Kier molecular flexibility index (Phi) is 4.32. The largest absolute Gasteiger partial charge is 0.392 e. The van der Waals surface area contributed by atoms with E-state index < -0.39 is 16.8 Å². The normalized spacial score (nSPS) is 30.8. The smallest absolute Gasteiger partial charge is 0.189 e. The van der Waals surface area contributed by atoms with Crippen molar-refractivity contribution in [1.29, 1.82) is 0 Å². The quantitative estimate of drug-likeness (QED) is 0.571. The summed E-state index contributed by atoms with van der Waals surface area (Å²) in [5.41, 5.74) is -0.269. The maximum absolute atomic E-state index is 11.1. The number of allylic oxidation sites excluding steroid dienone is 1. The highest BCUT2D eigenvalue weighted by atomic mass is 16.7. The molecule has 4 nitrogen and oxygen atoms in total. The van der Waals surface area contributed by atoms with Gasteiger partial charge in [-0.25, -0.2) is 0 Å². The second-order valence-corrected chi connectivity index (χ2v) is 6.43. The molecule has 1 fully saturated rings. The van der Waals surface area contributed by atoms with Crippen LogP contribution in [0.1, 0.15) is 34.1 Å². The molecule has 1 atom stereocenters. The van der Waals surface area contributed by atoms with Gasteiger partial charge < -0.3 is 19.7 Å². The van der Waals surface area contributed by atoms with Gasteiger partial charge in [0.05, 0.1) is 19.8 Å². The van der Waals surface area contributed by atoms with Crippen molar-refractivity contribution in [2.45, 2.75) is 45.5 Å². The minimum Gasteiger partial charge on any atom is -0.392 e. The molecule has 0 aromatic rings. The van der Waals surface area contributed by atoms with Crippen LogP contribution in [0.5, 0.6) is 0 Å². The number of hydrogen-bond donors (Lipinski definition) is 2. The summed E-state index contributed by atoms with van der Waals surface area (Å²) in [6.07, 6.45) is 4.02. The third-order valence-corrected chi connectivity index (χ3v) is 4.29. The molecule has 0 bridgehead atoms. The Balaban J connectivity index is 2.40. The lowest BCUT2D eigenvalue weighted by atomic mass is 9.63. The summed E-state index contributed by atoms with van der Waals surface area (Å²) < 4.78 is 11.5. The first-order valence-electron chi connectivity index (χ1n) is 7.26. The first-order chi connectivity index (χ1) is 9.75. The second-order valence-electron chi connectivity index (χ2n) is 6.43. The SMILES string of the molecule is CC1=CC2(CC(C)(C)C1(O)C#C/C(C)=C/CO)OCCO2. The molecule has 2 rings (SSSR count). The zero-order valence-corrected chi connectivity index (χ0v) is 13.2. The van der Waals surface area contributed by atoms with Crippen LogP contribution in [0.2, 0.25) is 0 Å².